The van der Waals surface area contributed by atoms with E-state index in [2.05, 4.69) is 45.1 Å². The first-order valence-corrected chi connectivity index (χ1v) is 5.76. The fourth-order valence-electron chi connectivity index (χ4n) is 1.85. The van der Waals surface area contributed by atoms with Crippen LogP contribution in [0.4, 0.5) is 0 Å². The van der Waals surface area contributed by atoms with Gasteiger partial charge in [0, 0.05) is 30.1 Å². The second kappa shape index (κ2) is 7.51. The molecule has 1 fully saturated rings. The molecule has 2 nitrogen and oxygen atoms in total. The molecule has 0 radical (unpaired) electrons. The van der Waals surface area contributed by atoms with Gasteiger partial charge in [0.15, 0.2) is 0 Å². The molecule has 16 heavy (non-hydrogen) atoms. The second-order valence-corrected chi connectivity index (χ2v) is 4.83. The third kappa shape index (κ3) is 4.60. The van der Waals surface area contributed by atoms with Gasteiger partial charge in [-0.1, -0.05) is 28.1 Å². The van der Waals surface area contributed by atoms with Crippen LogP contribution in [0, 0.1) is 0 Å². The molecule has 1 aliphatic heterocycles. The Morgan fingerprint density at radius 3 is 2.38 bits per heavy atom. The third-order valence-electron chi connectivity index (χ3n) is 2.63. The molecular weight excluding hydrogens is 311 g/mol. The van der Waals surface area contributed by atoms with Crippen LogP contribution >= 0.6 is 40.7 Å². The molecule has 2 N–H and O–H groups in total. The van der Waals surface area contributed by atoms with Gasteiger partial charge in [-0.05, 0) is 24.1 Å². The molecule has 0 saturated carbocycles. The molecule has 0 aromatic heterocycles. The van der Waals surface area contributed by atoms with Gasteiger partial charge >= 0.3 is 0 Å². The summed E-state index contributed by atoms with van der Waals surface area (Å²) >= 11 is 3.43. The van der Waals surface area contributed by atoms with Crippen LogP contribution in [-0.4, -0.2) is 24.0 Å². The minimum atomic E-state index is 0. The average molecular weight is 328 g/mol. The molecule has 1 heterocycles. The van der Waals surface area contributed by atoms with Crippen molar-refractivity contribution in [2.24, 2.45) is 5.73 Å². The highest BCUT2D eigenvalue weighted by molar-refractivity contribution is 9.10. The Bertz CT molecular complexity index is 305. The largest absolute Gasteiger partial charge is 0.326 e. The maximum Gasteiger partial charge on any atom is 0.0234 e. The maximum absolute atomic E-state index is 5.85. The van der Waals surface area contributed by atoms with Crippen LogP contribution in [0.3, 0.4) is 0 Å². The SMILES string of the molecule is Cl.Cl.N[C@@H]1CCN(Cc2ccc(Br)cc2)C1. The lowest BCUT2D eigenvalue weighted by Crippen LogP contribution is -2.26. The van der Waals surface area contributed by atoms with Crippen LogP contribution < -0.4 is 5.73 Å². The molecule has 1 atom stereocenters. The van der Waals surface area contributed by atoms with Gasteiger partial charge in [-0.15, -0.1) is 24.8 Å². The Morgan fingerprint density at radius 2 is 1.88 bits per heavy atom. The van der Waals surface area contributed by atoms with Crippen LogP contribution in [0.1, 0.15) is 12.0 Å². The zero-order chi connectivity index (χ0) is 9.97. The fourth-order valence-corrected chi connectivity index (χ4v) is 2.12. The van der Waals surface area contributed by atoms with E-state index in [0.717, 1.165) is 30.5 Å². The van der Waals surface area contributed by atoms with Crippen molar-refractivity contribution in [2.75, 3.05) is 13.1 Å². The monoisotopic (exact) mass is 326 g/mol. The van der Waals surface area contributed by atoms with Gasteiger partial charge in [0.25, 0.3) is 0 Å². The second-order valence-electron chi connectivity index (χ2n) is 3.91. The van der Waals surface area contributed by atoms with Gasteiger partial charge in [0.05, 0.1) is 0 Å². The molecule has 0 spiro atoms. The zero-order valence-corrected chi connectivity index (χ0v) is 12.2. The van der Waals surface area contributed by atoms with Crippen molar-refractivity contribution in [3.8, 4) is 0 Å². The summed E-state index contributed by atoms with van der Waals surface area (Å²) in [6.07, 6.45) is 1.14. The third-order valence-corrected chi connectivity index (χ3v) is 3.16. The number of hydrogen-bond acceptors (Lipinski definition) is 2. The van der Waals surface area contributed by atoms with Crippen molar-refractivity contribution < 1.29 is 0 Å². The van der Waals surface area contributed by atoms with Gasteiger partial charge in [-0.2, -0.15) is 0 Å². The summed E-state index contributed by atoms with van der Waals surface area (Å²) in [5, 5.41) is 0. The number of benzene rings is 1. The Labute approximate surface area is 118 Å². The lowest BCUT2D eigenvalue weighted by atomic mass is 10.2. The fraction of sp³-hybridized carbons (Fsp3) is 0.455. The Morgan fingerprint density at radius 1 is 1.25 bits per heavy atom. The molecule has 1 saturated heterocycles. The first-order chi connectivity index (χ1) is 6.74. The minimum Gasteiger partial charge on any atom is -0.326 e. The predicted octanol–water partition coefficient (Wildman–Crippen LogP) is 2.83. The van der Waals surface area contributed by atoms with E-state index in [1.165, 1.54) is 5.56 Å². The van der Waals surface area contributed by atoms with E-state index >= 15 is 0 Å². The van der Waals surface area contributed by atoms with Crippen molar-refractivity contribution in [2.45, 2.75) is 19.0 Å². The number of hydrogen-bond donors (Lipinski definition) is 1. The standard InChI is InChI=1S/C11H15BrN2.2ClH/c12-10-3-1-9(2-4-10)7-14-6-5-11(13)8-14;;/h1-4,11H,5-8,13H2;2*1H/t11-;;/m1../s1. The van der Waals surface area contributed by atoms with E-state index in [1.807, 2.05) is 0 Å². The van der Waals surface area contributed by atoms with E-state index in [-0.39, 0.29) is 24.8 Å². The van der Waals surface area contributed by atoms with E-state index in [0.29, 0.717) is 6.04 Å². The van der Waals surface area contributed by atoms with Gasteiger partial charge in [0.2, 0.25) is 0 Å². The van der Waals surface area contributed by atoms with Crippen LogP contribution in [0.5, 0.6) is 0 Å². The topological polar surface area (TPSA) is 29.3 Å². The summed E-state index contributed by atoms with van der Waals surface area (Å²) in [4.78, 5) is 2.41. The van der Waals surface area contributed by atoms with Crippen molar-refractivity contribution in [3.63, 3.8) is 0 Å². The van der Waals surface area contributed by atoms with Gasteiger partial charge in [-0.25, -0.2) is 0 Å². The van der Waals surface area contributed by atoms with E-state index < -0.39 is 0 Å². The Hall–Kier alpha value is 0.200. The summed E-state index contributed by atoms with van der Waals surface area (Å²) < 4.78 is 1.14. The molecule has 2 rings (SSSR count). The molecule has 0 bridgehead atoms. The van der Waals surface area contributed by atoms with Gasteiger partial charge < -0.3 is 5.73 Å². The molecule has 0 aliphatic carbocycles. The first kappa shape index (κ1) is 16.2. The molecular formula is C11H17BrCl2N2. The summed E-state index contributed by atoms with van der Waals surface area (Å²) in [7, 11) is 0. The van der Waals surface area contributed by atoms with Crippen molar-refractivity contribution >= 4 is 40.7 Å². The number of rotatable bonds is 2. The molecule has 92 valence electrons. The molecule has 0 amide bonds. The van der Waals surface area contributed by atoms with E-state index in [9.17, 15) is 0 Å². The summed E-state index contributed by atoms with van der Waals surface area (Å²) in [6, 6.07) is 8.88. The number of halogens is 3. The Kier molecular flexibility index (Phi) is 7.61. The first-order valence-electron chi connectivity index (χ1n) is 4.96. The minimum absolute atomic E-state index is 0. The lowest BCUT2D eigenvalue weighted by Gasteiger charge is -2.14. The number of likely N-dealkylation sites (tertiary alicyclic amines) is 1. The van der Waals surface area contributed by atoms with Crippen molar-refractivity contribution in [1.82, 2.24) is 4.90 Å². The maximum atomic E-state index is 5.85. The smallest absolute Gasteiger partial charge is 0.0234 e. The predicted molar refractivity (Wildman–Crippen MR) is 76.5 cm³/mol. The number of nitrogens with two attached hydrogens (primary N) is 1. The van der Waals surface area contributed by atoms with E-state index in [1.54, 1.807) is 0 Å². The van der Waals surface area contributed by atoms with Gasteiger partial charge in [-0.3, -0.25) is 4.90 Å². The summed E-state index contributed by atoms with van der Waals surface area (Å²) in [6.45, 7) is 3.20. The van der Waals surface area contributed by atoms with Gasteiger partial charge in [0.1, 0.15) is 0 Å². The Balaban J connectivity index is 0.00000112. The van der Waals surface area contributed by atoms with E-state index in [4.69, 9.17) is 5.73 Å². The molecule has 1 aromatic carbocycles. The quantitative estimate of drug-likeness (QED) is 0.905. The molecule has 1 aromatic rings. The van der Waals surface area contributed by atoms with Crippen molar-refractivity contribution in [3.05, 3.63) is 34.3 Å². The van der Waals surface area contributed by atoms with Crippen LogP contribution in [0.2, 0.25) is 0 Å². The zero-order valence-electron chi connectivity index (χ0n) is 8.93. The number of nitrogens with zero attached hydrogens (tertiary/aromatic N) is 1. The van der Waals surface area contributed by atoms with Crippen LogP contribution in [-0.2, 0) is 6.54 Å². The highest BCUT2D eigenvalue weighted by atomic mass is 79.9. The summed E-state index contributed by atoms with van der Waals surface area (Å²) in [5.41, 5.74) is 7.22. The molecule has 0 unspecified atom stereocenters. The highest BCUT2D eigenvalue weighted by Gasteiger charge is 2.18. The van der Waals surface area contributed by atoms with Crippen molar-refractivity contribution in [1.29, 1.82) is 0 Å². The normalized spacial score (nSPS) is 20.0. The summed E-state index contributed by atoms with van der Waals surface area (Å²) in [5.74, 6) is 0. The van der Waals surface area contributed by atoms with Crippen LogP contribution in [0.25, 0.3) is 0 Å². The highest BCUT2D eigenvalue weighted by Crippen LogP contribution is 2.15. The van der Waals surface area contributed by atoms with Crippen LogP contribution in [0.15, 0.2) is 28.7 Å². The molecule has 5 heteroatoms. The lowest BCUT2D eigenvalue weighted by molar-refractivity contribution is 0.327. The molecule has 1 aliphatic rings. The average Bonchev–Trinajstić information content (AvgIpc) is 2.56.